The fourth-order valence-electron chi connectivity index (χ4n) is 2.43. The van der Waals surface area contributed by atoms with E-state index in [1.54, 1.807) is 4.90 Å². The van der Waals surface area contributed by atoms with E-state index in [0.717, 1.165) is 37.6 Å². The average molecular weight is 290 g/mol. The van der Waals surface area contributed by atoms with Gasteiger partial charge in [-0.3, -0.25) is 0 Å². The first-order valence-electron chi connectivity index (χ1n) is 6.77. The van der Waals surface area contributed by atoms with E-state index in [1.165, 1.54) is 0 Å². The van der Waals surface area contributed by atoms with Crippen molar-refractivity contribution in [3.63, 3.8) is 0 Å². The third-order valence-corrected chi connectivity index (χ3v) is 3.49. The van der Waals surface area contributed by atoms with Gasteiger partial charge in [0.2, 0.25) is 0 Å². The first kappa shape index (κ1) is 15.1. The Kier molecular flexibility index (Phi) is 4.52. The highest BCUT2D eigenvalue weighted by Crippen LogP contribution is 2.33. The van der Waals surface area contributed by atoms with Gasteiger partial charge in [-0.15, -0.1) is 0 Å². The minimum atomic E-state index is -4.44. The van der Waals surface area contributed by atoms with Crippen molar-refractivity contribution < 1.29 is 17.6 Å². The number of benzene rings is 1. The standard InChI is InChI=1S/C14H18F4N2/c1-2-6-19-11-5-7-20(9-11)13-8-10(14(16,17)18)3-4-12(13)15/h3-4,8,11,19H,2,5-7,9H2,1H3. The second kappa shape index (κ2) is 5.99. The summed E-state index contributed by atoms with van der Waals surface area (Å²) in [7, 11) is 0. The summed E-state index contributed by atoms with van der Waals surface area (Å²) in [5, 5.41) is 3.31. The number of anilines is 1. The Morgan fingerprint density at radius 2 is 2.10 bits per heavy atom. The molecule has 2 rings (SSSR count). The van der Waals surface area contributed by atoms with Crippen LogP contribution in [0.25, 0.3) is 0 Å². The fraction of sp³-hybridized carbons (Fsp3) is 0.571. The summed E-state index contributed by atoms with van der Waals surface area (Å²) in [5.41, 5.74) is -0.764. The minimum absolute atomic E-state index is 0.0422. The average Bonchev–Trinajstić information content (AvgIpc) is 2.84. The molecule has 1 N–H and O–H groups in total. The van der Waals surface area contributed by atoms with Crippen molar-refractivity contribution in [2.75, 3.05) is 24.5 Å². The second-order valence-electron chi connectivity index (χ2n) is 5.05. The predicted octanol–water partition coefficient (Wildman–Crippen LogP) is 3.42. The van der Waals surface area contributed by atoms with Gasteiger partial charge in [-0.1, -0.05) is 6.92 Å². The Bertz CT molecular complexity index is 459. The van der Waals surface area contributed by atoms with Crippen molar-refractivity contribution in [1.29, 1.82) is 0 Å². The maximum absolute atomic E-state index is 13.8. The quantitative estimate of drug-likeness (QED) is 0.855. The van der Waals surface area contributed by atoms with Crippen LogP contribution in [0.5, 0.6) is 0 Å². The summed E-state index contributed by atoms with van der Waals surface area (Å²) in [6.45, 7) is 4.02. The van der Waals surface area contributed by atoms with Gasteiger partial charge in [-0.05, 0) is 37.6 Å². The first-order valence-corrected chi connectivity index (χ1v) is 6.77. The molecule has 0 aromatic heterocycles. The zero-order valence-electron chi connectivity index (χ0n) is 11.3. The lowest BCUT2D eigenvalue weighted by Gasteiger charge is -2.21. The SMILES string of the molecule is CCCNC1CCN(c2cc(C(F)(F)F)ccc2F)C1. The van der Waals surface area contributed by atoms with Crippen molar-refractivity contribution >= 4 is 5.69 Å². The van der Waals surface area contributed by atoms with Gasteiger partial charge in [-0.2, -0.15) is 13.2 Å². The van der Waals surface area contributed by atoms with Crippen molar-refractivity contribution in [1.82, 2.24) is 5.32 Å². The summed E-state index contributed by atoms with van der Waals surface area (Å²) < 4.78 is 51.8. The third-order valence-electron chi connectivity index (χ3n) is 3.49. The topological polar surface area (TPSA) is 15.3 Å². The molecular weight excluding hydrogens is 272 g/mol. The van der Waals surface area contributed by atoms with Crippen molar-refractivity contribution in [3.8, 4) is 0 Å². The van der Waals surface area contributed by atoms with E-state index >= 15 is 0 Å². The molecule has 1 aliphatic rings. The summed E-state index contributed by atoms with van der Waals surface area (Å²) >= 11 is 0. The smallest absolute Gasteiger partial charge is 0.368 e. The van der Waals surface area contributed by atoms with Gasteiger partial charge in [0.1, 0.15) is 5.82 Å². The zero-order chi connectivity index (χ0) is 14.8. The molecule has 1 unspecified atom stereocenters. The van der Waals surface area contributed by atoms with Crippen LogP contribution in [0.3, 0.4) is 0 Å². The van der Waals surface area contributed by atoms with Gasteiger partial charge in [0, 0.05) is 19.1 Å². The van der Waals surface area contributed by atoms with Crippen LogP contribution in [0.4, 0.5) is 23.2 Å². The Morgan fingerprint density at radius 1 is 1.35 bits per heavy atom. The van der Waals surface area contributed by atoms with E-state index in [-0.39, 0.29) is 11.7 Å². The number of hydrogen-bond acceptors (Lipinski definition) is 2. The highest BCUT2D eigenvalue weighted by Gasteiger charge is 2.32. The molecule has 2 nitrogen and oxygen atoms in total. The summed E-state index contributed by atoms with van der Waals surface area (Å²) in [6.07, 6.45) is -2.63. The van der Waals surface area contributed by atoms with E-state index in [4.69, 9.17) is 0 Å². The summed E-state index contributed by atoms with van der Waals surface area (Å²) in [6, 6.07) is 2.79. The molecule has 1 aromatic carbocycles. The summed E-state index contributed by atoms with van der Waals surface area (Å²) in [5.74, 6) is -0.603. The molecule has 0 saturated carbocycles. The molecule has 1 saturated heterocycles. The normalized spacial score (nSPS) is 19.6. The van der Waals surface area contributed by atoms with Crippen LogP contribution in [0, 0.1) is 5.82 Å². The number of nitrogens with one attached hydrogen (secondary N) is 1. The fourth-order valence-corrected chi connectivity index (χ4v) is 2.43. The minimum Gasteiger partial charge on any atom is -0.368 e. The molecular formula is C14H18F4N2. The van der Waals surface area contributed by atoms with Crippen LogP contribution in [0.15, 0.2) is 18.2 Å². The van der Waals surface area contributed by atoms with Crippen LogP contribution in [0.1, 0.15) is 25.3 Å². The molecule has 1 aliphatic heterocycles. The number of rotatable bonds is 4. The van der Waals surface area contributed by atoms with E-state index < -0.39 is 17.6 Å². The molecule has 0 aliphatic carbocycles. The van der Waals surface area contributed by atoms with E-state index in [1.807, 2.05) is 6.92 Å². The van der Waals surface area contributed by atoms with Gasteiger partial charge >= 0.3 is 6.18 Å². The first-order chi connectivity index (χ1) is 9.41. The number of nitrogens with zero attached hydrogens (tertiary/aromatic N) is 1. The van der Waals surface area contributed by atoms with Crippen LogP contribution in [-0.2, 0) is 6.18 Å². The van der Waals surface area contributed by atoms with Crippen LogP contribution >= 0.6 is 0 Å². The maximum atomic E-state index is 13.8. The van der Waals surface area contributed by atoms with Gasteiger partial charge in [-0.25, -0.2) is 4.39 Å². The van der Waals surface area contributed by atoms with Crippen LogP contribution in [0.2, 0.25) is 0 Å². The van der Waals surface area contributed by atoms with Gasteiger partial charge in [0.15, 0.2) is 0 Å². The van der Waals surface area contributed by atoms with Crippen molar-refractivity contribution in [2.24, 2.45) is 0 Å². The molecule has 20 heavy (non-hydrogen) atoms. The van der Waals surface area contributed by atoms with Gasteiger partial charge in [0.05, 0.1) is 11.3 Å². The molecule has 0 radical (unpaired) electrons. The lowest BCUT2D eigenvalue weighted by atomic mass is 10.1. The lowest BCUT2D eigenvalue weighted by Crippen LogP contribution is -2.33. The Labute approximate surface area is 115 Å². The molecule has 112 valence electrons. The number of hydrogen-bond donors (Lipinski definition) is 1. The molecule has 0 spiro atoms. The lowest BCUT2D eigenvalue weighted by molar-refractivity contribution is -0.137. The van der Waals surface area contributed by atoms with Crippen LogP contribution in [-0.4, -0.2) is 25.7 Å². The third kappa shape index (κ3) is 3.42. The molecule has 0 bridgehead atoms. The molecule has 1 fully saturated rings. The molecule has 1 atom stereocenters. The predicted molar refractivity (Wildman–Crippen MR) is 70.3 cm³/mol. The molecule has 6 heteroatoms. The van der Waals surface area contributed by atoms with Crippen molar-refractivity contribution in [3.05, 3.63) is 29.6 Å². The summed E-state index contributed by atoms with van der Waals surface area (Å²) in [4.78, 5) is 1.68. The zero-order valence-corrected chi connectivity index (χ0v) is 11.3. The highest BCUT2D eigenvalue weighted by atomic mass is 19.4. The molecule has 0 amide bonds. The number of alkyl halides is 3. The largest absolute Gasteiger partial charge is 0.416 e. The Morgan fingerprint density at radius 3 is 2.75 bits per heavy atom. The molecule has 1 aromatic rings. The second-order valence-corrected chi connectivity index (χ2v) is 5.05. The highest BCUT2D eigenvalue weighted by molar-refractivity contribution is 5.51. The number of halogens is 4. The Hall–Kier alpha value is -1.30. The Balaban J connectivity index is 2.13. The van der Waals surface area contributed by atoms with E-state index in [0.29, 0.717) is 13.1 Å². The van der Waals surface area contributed by atoms with E-state index in [2.05, 4.69) is 5.32 Å². The molecule has 1 heterocycles. The van der Waals surface area contributed by atoms with Gasteiger partial charge in [0.25, 0.3) is 0 Å². The van der Waals surface area contributed by atoms with Crippen LogP contribution < -0.4 is 10.2 Å². The van der Waals surface area contributed by atoms with Crippen molar-refractivity contribution in [2.45, 2.75) is 32.0 Å². The van der Waals surface area contributed by atoms with Gasteiger partial charge < -0.3 is 10.2 Å². The van der Waals surface area contributed by atoms with E-state index in [9.17, 15) is 17.6 Å². The monoisotopic (exact) mass is 290 g/mol. The maximum Gasteiger partial charge on any atom is 0.416 e.